The summed E-state index contributed by atoms with van der Waals surface area (Å²) >= 11 is 5.78. The van der Waals surface area contributed by atoms with Gasteiger partial charge in [-0.05, 0) is 48.4 Å². The van der Waals surface area contributed by atoms with Gasteiger partial charge >= 0.3 is 0 Å². The van der Waals surface area contributed by atoms with Gasteiger partial charge in [-0.2, -0.15) is 0 Å². The lowest BCUT2D eigenvalue weighted by Gasteiger charge is -2.19. The fraction of sp³-hybridized carbons (Fsp3) is 0.190. The quantitative estimate of drug-likeness (QED) is 0.637. The number of hydrogen-bond acceptors (Lipinski definition) is 3. The van der Waals surface area contributed by atoms with Gasteiger partial charge in [0.25, 0.3) is 5.91 Å². The summed E-state index contributed by atoms with van der Waals surface area (Å²) in [4.78, 5) is 21.1. The number of amides is 1. The molecule has 29 heavy (non-hydrogen) atoms. The molecule has 1 aliphatic rings. The summed E-state index contributed by atoms with van der Waals surface area (Å²) in [6.07, 6.45) is 0. The number of anilines is 2. The van der Waals surface area contributed by atoms with E-state index in [-0.39, 0.29) is 29.2 Å². The van der Waals surface area contributed by atoms with E-state index in [1.165, 1.54) is 24.3 Å². The molecule has 0 unspecified atom stereocenters. The Labute approximate surface area is 171 Å². The number of hydrogen-bond donors (Lipinski definition) is 1. The standard InChI is InChI=1S/C21H17ClF2N4O/c1-11(2)18-20-27-19(12-3-5-13(23)6-4-12)21(28(20)10-17(29)26-18)25-14-7-8-15(22)16(24)9-14/h3-9,11,25H,10H2,1-2H3. The molecule has 2 aromatic carbocycles. The van der Waals surface area contributed by atoms with E-state index in [4.69, 9.17) is 16.6 Å². The number of aliphatic imine (C=N–C) groups is 1. The molecular weight excluding hydrogens is 398 g/mol. The Bertz CT molecular complexity index is 1140. The predicted molar refractivity (Wildman–Crippen MR) is 109 cm³/mol. The molecule has 0 aliphatic carbocycles. The van der Waals surface area contributed by atoms with Crippen molar-refractivity contribution >= 4 is 34.7 Å². The van der Waals surface area contributed by atoms with Crippen LogP contribution in [0.3, 0.4) is 0 Å². The molecule has 1 aromatic heterocycles. The lowest BCUT2D eigenvalue weighted by Crippen LogP contribution is -2.26. The summed E-state index contributed by atoms with van der Waals surface area (Å²) < 4.78 is 29.1. The monoisotopic (exact) mass is 414 g/mol. The first-order valence-electron chi connectivity index (χ1n) is 9.04. The fourth-order valence-electron chi connectivity index (χ4n) is 3.19. The van der Waals surface area contributed by atoms with Gasteiger partial charge in [0.2, 0.25) is 0 Å². The normalized spacial score (nSPS) is 13.4. The molecule has 8 heteroatoms. The number of nitrogens with zero attached hydrogens (tertiary/aromatic N) is 3. The summed E-state index contributed by atoms with van der Waals surface area (Å²) in [6.45, 7) is 3.85. The fourth-order valence-corrected chi connectivity index (χ4v) is 3.31. The highest BCUT2D eigenvalue weighted by molar-refractivity contribution is 6.30. The number of fused-ring (bicyclic) bond motifs is 1. The summed E-state index contributed by atoms with van der Waals surface area (Å²) in [6, 6.07) is 10.2. The van der Waals surface area contributed by atoms with Gasteiger partial charge in [-0.1, -0.05) is 25.4 Å². The van der Waals surface area contributed by atoms with Crippen LogP contribution in [0.4, 0.5) is 20.3 Å². The molecule has 1 N–H and O–H groups in total. The van der Waals surface area contributed by atoms with Crippen LogP contribution in [0.2, 0.25) is 5.02 Å². The highest BCUT2D eigenvalue weighted by Crippen LogP contribution is 2.34. The molecule has 1 aliphatic heterocycles. The maximum absolute atomic E-state index is 13.9. The van der Waals surface area contributed by atoms with E-state index >= 15 is 0 Å². The van der Waals surface area contributed by atoms with E-state index in [1.807, 2.05) is 13.8 Å². The van der Waals surface area contributed by atoms with Gasteiger partial charge in [-0.3, -0.25) is 9.36 Å². The number of carbonyl (C=O) groups excluding carboxylic acids is 1. The van der Waals surface area contributed by atoms with Gasteiger partial charge in [0.15, 0.2) is 5.82 Å². The molecule has 0 bridgehead atoms. The number of benzene rings is 2. The smallest absolute Gasteiger partial charge is 0.266 e. The summed E-state index contributed by atoms with van der Waals surface area (Å²) in [7, 11) is 0. The largest absolute Gasteiger partial charge is 0.340 e. The molecule has 3 aromatic rings. The Morgan fingerprint density at radius 1 is 1.14 bits per heavy atom. The topological polar surface area (TPSA) is 59.3 Å². The first kappa shape index (κ1) is 19.3. The molecule has 0 spiro atoms. The Hall–Kier alpha value is -3.06. The van der Waals surface area contributed by atoms with Crippen LogP contribution in [0.5, 0.6) is 0 Å². The Morgan fingerprint density at radius 2 is 1.86 bits per heavy atom. The van der Waals surface area contributed by atoms with Crippen LogP contribution in [0, 0.1) is 17.6 Å². The average Bonchev–Trinajstić information content (AvgIpc) is 3.03. The van der Waals surface area contributed by atoms with Crippen LogP contribution < -0.4 is 5.32 Å². The second-order valence-electron chi connectivity index (χ2n) is 7.03. The second kappa shape index (κ2) is 7.40. The molecule has 0 atom stereocenters. The first-order valence-corrected chi connectivity index (χ1v) is 9.41. The van der Waals surface area contributed by atoms with Crippen LogP contribution in [-0.2, 0) is 11.3 Å². The number of halogens is 3. The van der Waals surface area contributed by atoms with E-state index in [1.54, 1.807) is 22.8 Å². The molecule has 0 saturated carbocycles. The zero-order valence-electron chi connectivity index (χ0n) is 15.7. The molecule has 4 rings (SSSR count). The summed E-state index contributed by atoms with van der Waals surface area (Å²) in [5, 5.41) is 3.15. The average molecular weight is 415 g/mol. The minimum Gasteiger partial charge on any atom is -0.340 e. The highest BCUT2D eigenvalue weighted by Gasteiger charge is 2.28. The predicted octanol–water partition coefficient (Wildman–Crippen LogP) is 5.21. The maximum atomic E-state index is 13.9. The Balaban J connectivity index is 1.89. The zero-order chi connectivity index (χ0) is 20.7. The molecule has 148 valence electrons. The maximum Gasteiger partial charge on any atom is 0.266 e. The third kappa shape index (κ3) is 3.65. The van der Waals surface area contributed by atoms with Crippen LogP contribution in [0.1, 0.15) is 19.7 Å². The summed E-state index contributed by atoms with van der Waals surface area (Å²) in [5.74, 6) is -0.215. The van der Waals surface area contributed by atoms with Gasteiger partial charge in [0.1, 0.15) is 29.7 Å². The minimum absolute atomic E-state index is 0.00183. The van der Waals surface area contributed by atoms with Crippen LogP contribution >= 0.6 is 11.6 Å². The number of nitrogens with one attached hydrogen (secondary N) is 1. The zero-order valence-corrected chi connectivity index (χ0v) is 16.5. The van der Waals surface area contributed by atoms with Crippen molar-refractivity contribution in [2.75, 3.05) is 5.32 Å². The second-order valence-corrected chi connectivity index (χ2v) is 7.43. The third-order valence-electron chi connectivity index (χ3n) is 4.58. The van der Waals surface area contributed by atoms with Crippen LogP contribution in [-0.4, -0.2) is 21.2 Å². The highest BCUT2D eigenvalue weighted by atomic mass is 35.5. The van der Waals surface area contributed by atoms with Crippen molar-refractivity contribution in [3.05, 3.63) is 64.9 Å². The lowest BCUT2D eigenvalue weighted by atomic mass is 10.1. The molecule has 0 saturated heterocycles. The van der Waals surface area contributed by atoms with Crippen LogP contribution in [0.25, 0.3) is 11.3 Å². The summed E-state index contributed by atoms with van der Waals surface area (Å²) in [5.41, 5.74) is 2.18. The Morgan fingerprint density at radius 3 is 2.52 bits per heavy atom. The molecule has 0 fully saturated rings. The van der Waals surface area contributed by atoms with Crippen LogP contribution in [0.15, 0.2) is 47.5 Å². The number of aromatic nitrogens is 2. The molecule has 2 heterocycles. The number of imidazole rings is 1. The first-order chi connectivity index (χ1) is 13.8. The number of rotatable bonds is 4. The van der Waals surface area contributed by atoms with E-state index in [9.17, 15) is 13.6 Å². The SMILES string of the molecule is CC(C)C1=NC(=O)Cn2c1nc(-c1ccc(F)cc1)c2Nc1ccc(Cl)c(F)c1. The molecular formula is C21H17ClF2N4O. The van der Waals surface area contributed by atoms with Crippen molar-refractivity contribution in [3.8, 4) is 11.3 Å². The van der Waals surface area contributed by atoms with E-state index in [0.717, 1.165) is 0 Å². The van der Waals surface area contributed by atoms with Crippen molar-refractivity contribution in [2.45, 2.75) is 20.4 Å². The third-order valence-corrected chi connectivity index (χ3v) is 4.89. The van der Waals surface area contributed by atoms with Crippen molar-refractivity contribution in [1.29, 1.82) is 0 Å². The van der Waals surface area contributed by atoms with E-state index in [0.29, 0.717) is 34.3 Å². The van der Waals surface area contributed by atoms with Gasteiger partial charge in [-0.15, -0.1) is 0 Å². The molecule has 0 radical (unpaired) electrons. The number of carbonyl (C=O) groups is 1. The minimum atomic E-state index is -0.570. The van der Waals surface area contributed by atoms with E-state index in [2.05, 4.69) is 10.3 Å². The van der Waals surface area contributed by atoms with Crippen molar-refractivity contribution in [3.63, 3.8) is 0 Å². The van der Waals surface area contributed by atoms with Gasteiger partial charge in [-0.25, -0.2) is 18.8 Å². The molecule has 1 amide bonds. The van der Waals surface area contributed by atoms with Crippen molar-refractivity contribution in [1.82, 2.24) is 9.55 Å². The molecule has 5 nitrogen and oxygen atoms in total. The van der Waals surface area contributed by atoms with Gasteiger partial charge < -0.3 is 5.32 Å². The van der Waals surface area contributed by atoms with Gasteiger partial charge in [0.05, 0.1) is 10.7 Å². The van der Waals surface area contributed by atoms with Crippen molar-refractivity contribution in [2.24, 2.45) is 10.9 Å². The van der Waals surface area contributed by atoms with Crippen molar-refractivity contribution < 1.29 is 13.6 Å². The van der Waals surface area contributed by atoms with Gasteiger partial charge in [0, 0.05) is 11.3 Å². The Kier molecular flexibility index (Phi) is 4.92. The van der Waals surface area contributed by atoms with E-state index < -0.39 is 5.82 Å². The lowest BCUT2D eigenvalue weighted by molar-refractivity contribution is -0.118.